The first-order valence-corrected chi connectivity index (χ1v) is 8.50. The second-order valence-electron chi connectivity index (χ2n) is 6.01. The van der Waals surface area contributed by atoms with Gasteiger partial charge < -0.3 is 16.4 Å². The van der Waals surface area contributed by atoms with Crippen molar-refractivity contribution >= 4 is 29.4 Å². The maximum Gasteiger partial charge on any atom is 0.323 e. The van der Waals surface area contributed by atoms with Crippen LogP contribution in [0, 0.1) is 12.7 Å². The molecule has 0 atom stereocenters. The highest BCUT2D eigenvalue weighted by molar-refractivity contribution is 5.99. The first-order chi connectivity index (χ1) is 13.5. The van der Waals surface area contributed by atoms with E-state index in [1.54, 1.807) is 18.3 Å². The number of nitrogens with one attached hydrogen (secondary N) is 2. The van der Waals surface area contributed by atoms with Crippen LogP contribution >= 0.6 is 0 Å². The molecule has 2 aromatic carbocycles. The molecule has 142 valence electrons. The van der Waals surface area contributed by atoms with E-state index >= 15 is 0 Å². The van der Waals surface area contributed by atoms with Gasteiger partial charge in [0.25, 0.3) is 0 Å². The number of nitrogens with two attached hydrogens (primary N) is 1. The van der Waals surface area contributed by atoms with Gasteiger partial charge in [-0.25, -0.2) is 19.2 Å². The molecule has 0 fully saturated rings. The second-order valence-corrected chi connectivity index (χ2v) is 6.01. The maximum absolute atomic E-state index is 12.9. The van der Waals surface area contributed by atoms with Crippen molar-refractivity contribution in [3.63, 3.8) is 0 Å². The lowest BCUT2D eigenvalue weighted by Crippen LogP contribution is -2.19. The number of benzene rings is 2. The second kappa shape index (κ2) is 8.72. The van der Waals surface area contributed by atoms with Crippen LogP contribution in [0.1, 0.15) is 16.8 Å². The first-order valence-electron chi connectivity index (χ1n) is 8.50. The number of hydrogen-bond donors (Lipinski definition) is 3. The monoisotopic (exact) mass is 378 g/mol. The molecule has 0 unspecified atom stereocenters. The molecule has 4 N–H and O–H groups in total. The highest BCUT2D eigenvalue weighted by atomic mass is 19.1. The molecular formula is C20H19FN6O. The number of anilines is 3. The number of aliphatic imine (C=N–C) groups is 1. The Morgan fingerprint density at radius 2 is 1.68 bits per heavy atom. The number of nitrogen functional groups attached to an aromatic ring is 1. The summed E-state index contributed by atoms with van der Waals surface area (Å²) in [5.74, 6) is 0.0322. The Balaban J connectivity index is 1.55. The maximum atomic E-state index is 12.9. The minimum absolute atomic E-state index is 0.359. The van der Waals surface area contributed by atoms with Gasteiger partial charge in [0.15, 0.2) is 0 Å². The molecule has 0 saturated heterocycles. The number of amides is 2. The van der Waals surface area contributed by atoms with Crippen LogP contribution in [-0.4, -0.2) is 22.2 Å². The van der Waals surface area contributed by atoms with E-state index in [-0.39, 0.29) is 5.82 Å². The zero-order chi connectivity index (χ0) is 19.9. The number of nitrogens with zero attached hydrogens (tertiary/aromatic N) is 3. The minimum Gasteiger partial charge on any atom is -0.383 e. The first kappa shape index (κ1) is 19.0. The number of aryl methyl sites for hydroxylation is 1. The molecule has 0 aliphatic heterocycles. The highest BCUT2D eigenvalue weighted by Gasteiger charge is 2.04. The number of rotatable bonds is 5. The smallest absolute Gasteiger partial charge is 0.323 e. The van der Waals surface area contributed by atoms with Gasteiger partial charge >= 0.3 is 6.03 Å². The molecule has 1 heterocycles. The third-order valence-electron chi connectivity index (χ3n) is 3.92. The summed E-state index contributed by atoms with van der Waals surface area (Å²) in [5, 5.41) is 5.35. The van der Waals surface area contributed by atoms with Crippen LogP contribution in [-0.2, 0) is 6.54 Å². The number of hydrogen-bond acceptors (Lipinski definition) is 5. The summed E-state index contributed by atoms with van der Waals surface area (Å²) >= 11 is 0. The van der Waals surface area contributed by atoms with Gasteiger partial charge in [-0.05, 0) is 48.9 Å². The molecule has 0 spiro atoms. The van der Waals surface area contributed by atoms with E-state index in [4.69, 9.17) is 5.73 Å². The summed E-state index contributed by atoms with van der Waals surface area (Å²) in [6, 6.07) is 12.4. The third kappa shape index (κ3) is 5.10. The number of aromatic nitrogens is 2. The van der Waals surface area contributed by atoms with E-state index in [0.29, 0.717) is 29.3 Å². The quantitative estimate of drug-likeness (QED) is 0.588. The molecule has 2 amide bonds. The van der Waals surface area contributed by atoms with Gasteiger partial charge in [-0.3, -0.25) is 4.99 Å². The molecule has 8 heteroatoms. The molecular weight excluding hydrogens is 359 g/mol. The van der Waals surface area contributed by atoms with Gasteiger partial charge in [0.05, 0.1) is 17.8 Å². The van der Waals surface area contributed by atoms with Crippen LogP contribution in [0.15, 0.2) is 59.9 Å². The Morgan fingerprint density at radius 1 is 1.07 bits per heavy atom. The predicted octanol–water partition coefficient (Wildman–Crippen LogP) is 3.77. The fraction of sp³-hybridized carbons (Fsp3) is 0.100. The van der Waals surface area contributed by atoms with Gasteiger partial charge in [0, 0.05) is 17.6 Å². The molecule has 0 aliphatic rings. The van der Waals surface area contributed by atoms with Crippen molar-refractivity contribution in [1.82, 2.24) is 9.97 Å². The van der Waals surface area contributed by atoms with Crippen LogP contribution in [0.2, 0.25) is 0 Å². The van der Waals surface area contributed by atoms with Crippen LogP contribution in [0.25, 0.3) is 0 Å². The highest BCUT2D eigenvalue weighted by Crippen LogP contribution is 2.13. The van der Waals surface area contributed by atoms with Gasteiger partial charge in [-0.15, -0.1) is 0 Å². The molecule has 3 aromatic rings. The Morgan fingerprint density at radius 3 is 2.29 bits per heavy atom. The average Bonchev–Trinajstić information content (AvgIpc) is 2.67. The molecule has 3 rings (SSSR count). The molecule has 0 radical (unpaired) electrons. The molecule has 28 heavy (non-hydrogen) atoms. The number of urea groups is 1. The normalized spacial score (nSPS) is 10.8. The lowest BCUT2D eigenvalue weighted by molar-refractivity contribution is 0.262. The van der Waals surface area contributed by atoms with E-state index < -0.39 is 6.03 Å². The van der Waals surface area contributed by atoms with E-state index in [1.807, 2.05) is 19.1 Å². The molecule has 0 aliphatic carbocycles. The third-order valence-corrected chi connectivity index (χ3v) is 3.92. The van der Waals surface area contributed by atoms with Crippen LogP contribution < -0.4 is 16.4 Å². The van der Waals surface area contributed by atoms with E-state index in [2.05, 4.69) is 25.6 Å². The van der Waals surface area contributed by atoms with Crippen molar-refractivity contribution in [1.29, 1.82) is 0 Å². The fourth-order valence-corrected chi connectivity index (χ4v) is 2.42. The number of carbonyl (C=O) groups excluding carboxylic acids is 1. The number of halogens is 1. The summed E-state index contributed by atoms with van der Waals surface area (Å²) in [5.41, 5.74) is 9.40. The number of carbonyl (C=O) groups is 1. The topological polar surface area (TPSA) is 105 Å². The van der Waals surface area contributed by atoms with E-state index in [9.17, 15) is 9.18 Å². The largest absolute Gasteiger partial charge is 0.383 e. The lowest BCUT2D eigenvalue weighted by Gasteiger charge is -2.08. The average molecular weight is 378 g/mol. The standard InChI is InChI=1S/C20H19FN6O/c1-13-18(19(22)25-12-24-13)11-23-10-14-2-6-16(7-3-14)26-20(28)27-17-8-4-15(21)5-9-17/h2-9,11-12H,10H2,1H3,(H2,22,24,25)(H2,26,27,28). The Hall–Kier alpha value is -3.81. The summed E-state index contributed by atoms with van der Waals surface area (Å²) < 4.78 is 12.9. The Labute approximate surface area is 161 Å². The van der Waals surface area contributed by atoms with Crippen molar-refractivity contribution in [2.45, 2.75) is 13.5 Å². The summed E-state index contributed by atoms with van der Waals surface area (Å²) in [6.07, 6.45) is 3.08. The van der Waals surface area contributed by atoms with Crippen molar-refractivity contribution < 1.29 is 9.18 Å². The van der Waals surface area contributed by atoms with Crippen molar-refractivity contribution in [2.24, 2.45) is 4.99 Å². The van der Waals surface area contributed by atoms with Gasteiger partial charge in [0.1, 0.15) is 18.0 Å². The summed E-state index contributed by atoms with van der Waals surface area (Å²) in [6.45, 7) is 2.30. The summed E-state index contributed by atoms with van der Waals surface area (Å²) in [7, 11) is 0. The van der Waals surface area contributed by atoms with Gasteiger partial charge in [0.2, 0.25) is 0 Å². The molecule has 7 nitrogen and oxygen atoms in total. The lowest BCUT2D eigenvalue weighted by atomic mass is 10.2. The van der Waals surface area contributed by atoms with Crippen molar-refractivity contribution in [2.75, 3.05) is 16.4 Å². The molecule has 0 bridgehead atoms. The van der Waals surface area contributed by atoms with Crippen molar-refractivity contribution in [3.8, 4) is 0 Å². The van der Waals surface area contributed by atoms with Crippen molar-refractivity contribution in [3.05, 3.63) is 77.5 Å². The van der Waals surface area contributed by atoms with Crippen LogP contribution in [0.5, 0.6) is 0 Å². The Bertz CT molecular complexity index is 966. The molecule has 0 saturated carbocycles. The van der Waals surface area contributed by atoms with E-state index in [1.165, 1.54) is 30.6 Å². The van der Waals surface area contributed by atoms with Crippen LogP contribution in [0.4, 0.5) is 26.4 Å². The zero-order valence-electron chi connectivity index (χ0n) is 15.2. The fourth-order valence-electron chi connectivity index (χ4n) is 2.42. The molecule has 1 aromatic heterocycles. The minimum atomic E-state index is -0.410. The Kier molecular flexibility index (Phi) is 5.91. The zero-order valence-corrected chi connectivity index (χ0v) is 15.2. The van der Waals surface area contributed by atoms with Crippen LogP contribution in [0.3, 0.4) is 0 Å². The van der Waals surface area contributed by atoms with E-state index in [0.717, 1.165) is 11.3 Å². The van der Waals surface area contributed by atoms with Gasteiger partial charge in [-0.1, -0.05) is 12.1 Å². The SMILES string of the molecule is Cc1ncnc(N)c1C=NCc1ccc(NC(=O)Nc2ccc(F)cc2)cc1. The summed E-state index contributed by atoms with van der Waals surface area (Å²) in [4.78, 5) is 24.4. The van der Waals surface area contributed by atoms with Gasteiger partial charge in [-0.2, -0.15) is 0 Å². The predicted molar refractivity (Wildman–Crippen MR) is 108 cm³/mol.